The predicted octanol–water partition coefficient (Wildman–Crippen LogP) is 3.17. The van der Waals surface area contributed by atoms with Crippen LogP contribution in [0.4, 0.5) is 5.82 Å². The quantitative estimate of drug-likeness (QED) is 0.769. The Balaban J connectivity index is 1.57. The summed E-state index contributed by atoms with van der Waals surface area (Å²) in [5.74, 6) is 0.154. The first-order valence-corrected chi connectivity index (χ1v) is 9.04. The van der Waals surface area contributed by atoms with Crippen LogP contribution in [-0.4, -0.2) is 34.3 Å². The van der Waals surface area contributed by atoms with Crippen LogP contribution in [0.25, 0.3) is 0 Å². The Kier molecular flexibility index (Phi) is 5.68. The maximum atomic E-state index is 12.6. The van der Waals surface area contributed by atoms with E-state index in [1.165, 1.54) is 0 Å². The number of hydrogen-bond acceptors (Lipinski definition) is 5. The van der Waals surface area contributed by atoms with E-state index in [0.717, 1.165) is 5.56 Å². The summed E-state index contributed by atoms with van der Waals surface area (Å²) >= 11 is 9.08. The number of rotatable bonds is 5. The Hall–Kier alpha value is -1.54. The number of nitrogens with zero attached hydrogens (tertiary/aromatic N) is 2. The molecular weight excluding hydrogens is 408 g/mol. The lowest BCUT2D eigenvalue weighted by atomic mass is 9.98. The highest BCUT2D eigenvalue weighted by Gasteiger charge is 2.41. The molecule has 3 rings (SSSR count). The van der Waals surface area contributed by atoms with Crippen molar-refractivity contribution in [1.82, 2.24) is 15.5 Å². The number of ether oxygens (including phenoxy) is 1. The molecule has 0 unspecified atom stereocenters. The van der Waals surface area contributed by atoms with Crippen molar-refractivity contribution >= 4 is 39.3 Å². The van der Waals surface area contributed by atoms with Gasteiger partial charge in [0.1, 0.15) is 0 Å². The fourth-order valence-corrected chi connectivity index (χ4v) is 3.37. The largest absolute Gasteiger partial charge is 0.372 e. The van der Waals surface area contributed by atoms with Crippen LogP contribution in [0.3, 0.4) is 0 Å². The highest BCUT2D eigenvalue weighted by molar-refractivity contribution is 9.10. The van der Waals surface area contributed by atoms with Gasteiger partial charge in [0, 0.05) is 13.0 Å². The van der Waals surface area contributed by atoms with Gasteiger partial charge in [-0.25, -0.2) is 0 Å². The van der Waals surface area contributed by atoms with Crippen LogP contribution in [0.2, 0.25) is 5.15 Å². The minimum absolute atomic E-state index is 0.0318. The molecule has 1 aromatic carbocycles. The molecule has 8 heteroatoms. The normalized spacial score (nSPS) is 22.8. The molecule has 2 heterocycles. The van der Waals surface area contributed by atoms with Crippen LogP contribution in [0.5, 0.6) is 0 Å². The number of nitrogens with one attached hydrogen (secondary N) is 2. The topological polar surface area (TPSA) is 76.1 Å². The number of carbonyl (C=O) groups is 1. The zero-order chi connectivity index (χ0) is 17.9. The van der Waals surface area contributed by atoms with Gasteiger partial charge in [0.15, 0.2) is 11.0 Å². The minimum Gasteiger partial charge on any atom is -0.372 e. The van der Waals surface area contributed by atoms with E-state index in [1.807, 2.05) is 37.3 Å². The Labute approximate surface area is 159 Å². The molecule has 25 heavy (non-hydrogen) atoms. The molecule has 1 amide bonds. The van der Waals surface area contributed by atoms with Gasteiger partial charge in [-0.1, -0.05) is 41.9 Å². The van der Waals surface area contributed by atoms with Gasteiger partial charge in [-0.3, -0.25) is 4.79 Å². The average molecular weight is 426 g/mol. The zero-order valence-electron chi connectivity index (χ0n) is 13.6. The molecule has 2 N–H and O–H groups in total. The molecule has 0 aliphatic carbocycles. The second-order valence-corrected chi connectivity index (χ2v) is 7.40. The fourth-order valence-electron chi connectivity index (χ4n) is 2.70. The first-order chi connectivity index (χ1) is 12.0. The van der Waals surface area contributed by atoms with E-state index < -0.39 is 5.54 Å². The maximum absolute atomic E-state index is 12.6. The number of aromatic nitrogens is 2. The highest BCUT2D eigenvalue weighted by atomic mass is 79.9. The Morgan fingerprint density at radius 1 is 1.44 bits per heavy atom. The van der Waals surface area contributed by atoms with Crippen molar-refractivity contribution in [2.24, 2.45) is 0 Å². The van der Waals surface area contributed by atoms with E-state index in [0.29, 0.717) is 29.9 Å². The van der Waals surface area contributed by atoms with Crippen molar-refractivity contribution < 1.29 is 9.53 Å². The third-order valence-corrected chi connectivity index (χ3v) is 4.92. The average Bonchev–Trinajstić information content (AvgIpc) is 2.99. The number of amides is 1. The SMILES string of the molecule is C[C@@]1(C(=O)Nc2nnc(Cl)cc2Br)C[C@@H](OCc2ccccc2)CN1. The third-order valence-electron chi connectivity index (χ3n) is 4.14. The van der Waals surface area contributed by atoms with Gasteiger partial charge in [0.25, 0.3) is 0 Å². The molecule has 0 spiro atoms. The molecule has 0 bridgehead atoms. The first kappa shape index (κ1) is 18.3. The molecule has 1 saturated heterocycles. The maximum Gasteiger partial charge on any atom is 0.245 e. The first-order valence-electron chi connectivity index (χ1n) is 7.87. The molecular formula is C17H18BrClN4O2. The van der Waals surface area contributed by atoms with Crippen molar-refractivity contribution in [2.75, 3.05) is 11.9 Å². The molecule has 2 atom stereocenters. The summed E-state index contributed by atoms with van der Waals surface area (Å²) in [6, 6.07) is 11.6. The highest BCUT2D eigenvalue weighted by Crippen LogP contribution is 2.26. The smallest absolute Gasteiger partial charge is 0.245 e. The lowest BCUT2D eigenvalue weighted by Crippen LogP contribution is -2.48. The molecule has 0 saturated carbocycles. The van der Waals surface area contributed by atoms with Crippen LogP contribution in [0.1, 0.15) is 18.9 Å². The van der Waals surface area contributed by atoms with Crippen molar-refractivity contribution in [2.45, 2.75) is 31.6 Å². The van der Waals surface area contributed by atoms with Crippen LogP contribution < -0.4 is 10.6 Å². The van der Waals surface area contributed by atoms with Crippen molar-refractivity contribution in [3.63, 3.8) is 0 Å². The second-order valence-electron chi connectivity index (χ2n) is 6.15. The summed E-state index contributed by atoms with van der Waals surface area (Å²) in [6.07, 6.45) is 0.542. The summed E-state index contributed by atoms with van der Waals surface area (Å²) in [7, 11) is 0. The van der Waals surface area contributed by atoms with Crippen molar-refractivity contribution in [3.05, 3.63) is 51.6 Å². The number of benzene rings is 1. The van der Waals surface area contributed by atoms with E-state index >= 15 is 0 Å². The van der Waals surface area contributed by atoms with E-state index in [1.54, 1.807) is 6.07 Å². The van der Waals surface area contributed by atoms with Gasteiger partial charge >= 0.3 is 0 Å². The molecule has 132 valence electrons. The number of hydrogen-bond donors (Lipinski definition) is 2. The second kappa shape index (κ2) is 7.78. The number of halogens is 2. The van der Waals surface area contributed by atoms with Gasteiger partial charge in [0.2, 0.25) is 5.91 Å². The monoisotopic (exact) mass is 424 g/mol. The molecule has 1 aliphatic heterocycles. The minimum atomic E-state index is -0.734. The van der Waals surface area contributed by atoms with Gasteiger partial charge in [-0.15, -0.1) is 10.2 Å². The van der Waals surface area contributed by atoms with Crippen LogP contribution in [0.15, 0.2) is 40.9 Å². The van der Waals surface area contributed by atoms with Gasteiger partial charge in [0.05, 0.1) is 22.7 Å². The van der Waals surface area contributed by atoms with Crippen LogP contribution in [-0.2, 0) is 16.1 Å². The lowest BCUT2D eigenvalue weighted by Gasteiger charge is -2.23. The zero-order valence-corrected chi connectivity index (χ0v) is 16.0. The number of carbonyl (C=O) groups excluding carboxylic acids is 1. The molecule has 6 nitrogen and oxygen atoms in total. The Morgan fingerprint density at radius 3 is 2.92 bits per heavy atom. The lowest BCUT2D eigenvalue weighted by molar-refractivity contribution is -0.121. The Morgan fingerprint density at radius 2 is 2.20 bits per heavy atom. The van der Waals surface area contributed by atoms with E-state index in [9.17, 15) is 4.79 Å². The third kappa shape index (κ3) is 4.55. The van der Waals surface area contributed by atoms with E-state index in [-0.39, 0.29) is 17.2 Å². The van der Waals surface area contributed by atoms with Crippen LogP contribution in [0, 0.1) is 0 Å². The number of anilines is 1. The van der Waals surface area contributed by atoms with Gasteiger partial charge in [-0.2, -0.15) is 0 Å². The standard InChI is InChI=1S/C17H18BrClN4O2/c1-17(16(24)21-15-13(18)7-14(19)22-23-15)8-12(9-20-17)25-10-11-5-3-2-4-6-11/h2-7,12,20H,8-10H2,1H3,(H,21,23,24)/t12-,17+/m1/s1. The summed E-state index contributed by atoms with van der Waals surface area (Å²) in [5.41, 5.74) is 0.378. The van der Waals surface area contributed by atoms with E-state index in [2.05, 4.69) is 36.8 Å². The predicted molar refractivity (Wildman–Crippen MR) is 99.4 cm³/mol. The molecule has 1 aromatic heterocycles. The molecule has 0 radical (unpaired) electrons. The van der Waals surface area contributed by atoms with Gasteiger partial charge in [-0.05, 0) is 34.5 Å². The molecule has 2 aromatic rings. The fraction of sp³-hybridized carbons (Fsp3) is 0.353. The van der Waals surface area contributed by atoms with Gasteiger partial charge < -0.3 is 15.4 Å². The van der Waals surface area contributed by atoms with E-state index in [4.69, 9.17) is 16.3 Å². The summed E-state index contributed by atoms with van der Waals surface area (Å²) in [6.45, 7) is 2.99. The van der Waals surface area contributed by atoms with Crippen LogP contribution >= 0.6 is 27.5 Å². The Bertz CT molecular complexity index is 762. The molecule has 1 aliphatic rings. The van der Waals surface area contributed by atoms with Crippen molar-refractivity contribution in [3.8, 4) is 0 Å². The summed E-state index contributed by atoms with van der Waals surface area (Å²) in [5, 5.41) is 13.9. The summed E-state index contributed by atoms with van der Waals surface area (Å²) in [4.78, 5) is 12.6. The van der Waals surface area contributed by atoms with Crippen molar-refractivity contribution in [1.29, 1.82) is 0 Å². The molecule has 1 fully saturated rings. The summed E-state index contributed by atoms with van der Waals surface area (Å²) < 4.78 is 6.51.